The summed E-state index contributed by atoms with van der Waals surface area (Å²) in [5, 5.41) is 14.5. The van der Waals surface area contributed by atoms with Gasteiger partial charge in [-0.1, -0.05) is 0 Å². The van der Waals surface area contributed by atoms with E-state index < -0.39 is 24.5 Å². The van der Waals surface area contributed by atoms with Crippen molar-refractivity contribution in [3.63, 3.8) is 0 Å². The highest BCUT2D eigenvalue weighted by Crippen LogP contribution is 2.18. The molecule has 0 atom stereocenters. The average molecular weight is 367 g/mol. The Morgan fingerprint density at radius 1 is 1.15 bits per heavy atom. The molecule has 4 N–H and O–H groups in total. The zero-order chi connectivity index (χ0) is 18.7. The number of hydrogen-bond acceptors (Lipinski definition) is 4. The molecule has 2 heterocycles. The highest BCUT2D eigenvalue weighted by Gasteiger charge is 2.28. The van der Waals surface area contributed by atoms with Gasteiger partial charge in [0.25, 0.3) is 11.8 Å². The van der Waals surface area contributed by atoms with Gasteiger partial charge in [0.2, 0.25) is 0 Å². The number of H-pyrrole nitrogens is 1. The summed E-state index contributed by atoms with van der Waals surface area (Å²) in [4.78, 5) is 24.0. The van der Waals surface area contributed by atoms with Gasteiger partial charge >= 0.3 is 6.18 Å². The predicted molar refractivity (Wildman–Crippen MR) is 86.8 cm³/mol. The molecule has 1 aliphatic rings. The molecule has 0 saturated carbocycles. The van der Waals surface area contributed by atoms with E-state index in [1.54, 1.807) is 5.32 Å². The lowest BCUT2D eigenvalue weighted by Crippen LogP contribution is -2.33. The zero-order valence-electron chi connectivity index (χ0n) is 13.5. The number of benzene rings is 1. The number of amides is 2. The van der Waals surface area contributed by atoms with Crippen molar-refractivity contribution in [2.75, 3.05) is 18.4 Å². The Labute approximate surface area is 146 Å². The average Bonchev–Trinajstić information content (AvgIpc) is 3.04. The van der Waals surface area contributed by atoms with Crippen LogP contribution >= 0.6 is 0 Å². The van der Waals surface area contributed by atoms with Gasteiger partial charge in [0.05, 0.1) is 0 Å². The molecule has 1 aliphatic heterocycles. The molecule has 10 heteroatoms. The number of carbonyl (C=O) groups excluding carboxylic acids is 2. The third-order valence-corrected chi connectivity index (χ3v) is 3.88. The fraction of sp³-hybridized carbons (Fsp3) is 0.312. The van der Waals surface area contributed by atoms with Crippen LogP contribution in [0.15, 0.2) is 24.3 Å². The maximum atomic E-state index is 12.4. The van der Waals surface area contributed by atoms with E-state index in [2.05, 4.69) is 20.8 Å². The van der Waals surface area contributed by atoms with Crippen molar-refractivity contribution < 1.29 is 22.8 Å². The van der Waals surface area contributed by atoms with Crippen LogP contribution in [-0.4, -0.2) is 41.3 Å². The number of aromatic amines is 1. The van der Waals surface area contributed by atoms with Crippen LogP contribution in [0.2, 0.25) is 0 Å². The molecule has 26 heavy (non-hydrogen) atoms. The molecule has 0 radical (unpaired) electrons. The van der Waals surface area contributed by atoms with E-state index in [0.717, 1.165) is 24.2 Å². The van der Waals surface area contributed by atoms with Gasteiger partial charge < -0.3 is 16.0 Å². The summed E-state index contributed by atoms with van der Waals surface area (Å²) < 4.78 is 36.4. The SMILES string of the molecule is O=C(NCC(F)(F)F)c1ccc(NC(=O)c2n[nH]c3c2CNCC3)cc1. The van der Waals surface area contributed by atoms with Crippen molar-refractivity contribution in [3.8, 4) is 0 Å². The van der Waals surface area contributed by atoms with Crippen molar-refractivity contribution in [2.24, 2.45) is 0 Å². The molecule has 2 aromatic rings. The van der Waals surface area contributed by atoms with Gasteiger partial charge in [0.15, 0.2) is 5.69 Å². The van der Waals surface area contributed by atoms with E-state index >= 15 is 0 Å². The van der Waals surface area contributed by atoms with E-state index in [1.807, 2.05) is 0 Å². The first-order valence-electron chi connectivity index (χ1n) is 7.87. The second-order valence-electron chi connectivity index (χ2n) is 5.79. The minimum atomic E-state index is -4.47. The number of carbonyl (C=O) groups is 2. The van der Waals surface area contributed by atoms with Crippen LogP contribution in [-0.2, 0) is 13.0 Å². The zero-order valence-corrected chi connectivity index (χ0v) is 13.5. The van der Waals surface area contributed by atoms with Crippen molar-refractivity contribution in [1.29, 1.82) is 0 Å². The smallest absolute Gasteiger partial charge is 0.343 e. The first kappa shape index (κ1) is 17.9. The van der Waals surface area contributed by atoms with Crippen LogP contribution in [0.4, 0.5) is 18.9 Å². The molecule has 0 saturated heterocycles. The van der Waals surface area contributed by atoms with Gasteiger partial charge in [-0.05, 0) is 24.3 Å². The normalized spacial score (nSPS) is 13.8. The molecule has 7 nitrogen and oxygen atoms in total. The highest BCUT2D eigenvalue weighted by molar-refractivity contribution is 6.04. The van der Waals surface area contributed by atoms with Crippen molar-refractivity contribution in [2.45, 2.75) is 19.1 Å². The lowest BCUT2D eigenvalue weighted by molar-refractivity contribution is -0.123. The lowest BCUT2D eigenvalue weighted by Gasteiger charge is -2.13. The molecule has 0 bridgehead atoms. The number of nitrogens with one attached hydrogen (secondary N) is 4. The van der Waals surface area contributed by atoms with Gasteiger partial charge in [-0.25, -0.2) is 0 Å². The summed E-state index contributed by atoms with van der Waals surface area (Å²) in [5.41, 5.74) is 2.50. The minimum Gasteiger partial charge on any atom is -0.343 e. The Kier molecular flexibility index (Phi) is 4.94. The Morgan fingerprint density at radius 3 is 2.58 bits per heavy atom. The number of alkyl halides is 3. The third kappa shape index (κ3) is 4.20. The number of halogens is 3. The summed E-state index contributed by atoms with van der Waals surface area (Å²) in [6, 6.07) is 5.56. The van der Waals surface area contributed by atoms with Gasteiger partial charge in [0, 0.05) is 42.0 Å². The van der Waals surface area contributed by atoms with Gasteiger partial charge in [-0.15, -0.1) is 0 Å². The van der Waals surface area contributed by atoms with Gasteiger partial charge in [-0.2, -0.15) is 18.3 Å². The number of anilines is 1. The standard InChI is InChI=1S/C16H16F3N5O2/c17-16(18,19)8-21-14(25)9-1-3-10(4-2-9)22-15(26)13-11-7-20-6-5-12(11)23-24-13/h1-4,20H,5-8H2,(H,21,25)(H,22,26)(H,23,24). The van der Waals surface area contributed by atoms with Crippen molar-refractivity contribution >= 4 is 17.5 Å². The second kappa shape index (κ2) is 7.16. The molecule has 1 aromatic heterocycles. The van der Waals surface area contributed by atoms with E-state index in [1.165, 1.54) is 24.3 Å². The largest absolute Gasteiger partial charge is 0.405 e. The van der Waals surface area contributed by atoms with E-state index in [9.17, 15) is 22.8 Å². The Hall–Kier alpha value is -2.88. The number of rotatable bonds is 4. The summed E-state index contributed by atoms with van der Waals surface area (Å²) >= 11 is 0. The first-order valence-corrected chi connectivity index (χ1v) is 7.87. The maximum absolute atomic E-state index is 12.4. The Bertz CT molecular complexity index is 814. The maximum Gasteiger partial charge on any atom is 0.405 e. The van der Waals surface area contributed by atoms with Crippen LogP contribution < -0.4 is 16.0 Å². The van der Waals surface area contributed by atoms with Crippen LogP contribution in [0.25, 0.3) is 0 Å². The number of fused-ring (bicyclic) bond motifs is 1. The van der Waals surface area contributed by atoms with Crippen LogP contribution in [0, 0.1) is 0 Å². The first-order chi connectivity index (χ1) is 12.3. The molecule has 0 fully saturated rings. The molecule has 1 aromatic carbocycles. The van der Waals surface area contributed by atoms with Crippen LogP contribution in [0.5, 0.6) is 0 Å². The lowest BCUT2D eigenvalue weighted by atomic mass is 10.1. The summed E-state index contributed by atoms with van der Waals surface area (Å²) in [5.74, 6) is -1.24. The number of hydrogen-bond donors (Lipinski definition) is 4. The highest BCUT2D eigenvalue weighted by atomic mass is 19.4. The molecule has 3 rings (SSSR count). The van der Waals surface area contributed by atoms with Gasteiger partial charge in [-0.3, -0.25) is 14.7 Å². The minimum absolute atomic E-state index is 0.0635. The summed E-state index contributed by atoms with van der Waals surface area (Å²) in [6.45, 7) is -0.0381. The monoisotopic (exact) mass is 367 g/mol. The molecule has 0 unspecified atom stereocenters. The second-order valence-corrected chi connectivity index (χ2v) is 5.79. The molecular weight excluding hydrogens is 351 g/mol. The third-order valence-electron chi connectivity index (χ3n) is 3.88. The Balaban J connectivity index is 1.63. The number of aromatic nitrogens is 2. The topological polar surface area (TPSA) is 98.9 Å². The van der Waals surface area contributed by atoms with E-state index in [0.29, 0.717) is 17.9 Å². The molecule has 0 aliphatic carbocycles. The van der Waals surface area contributed by atoms with E-state index in [4.69, 9.17) is 0 Å². The van der Waals surface area contributed by atoms with Crippen molar-refractivity contribution in [1.82, 2.24) is 20.8 Å². The van der Waals surface area contributed by atoms with Crippen LogP contribution in [0.1, 0.15) is 32.1 Å². The van der Waals surface area contributed by atoms with E-state index in [-0.39, 0.29) is 5.56 Å². The van der Waals surface area contributed by atoms with Gasteiger partial charge in [0.1, 0.15) is 6.54 Å². The fourth-order valence-electron chi connectivity index (χ4n) is 2.59. The Morgan fingerprint density at radius 2 is 1.88 bits per heavy atom. The summed E-state index contributed by atoms with van der Waals surface area (Å²) in [7, 11) is 0. The number of nitrogens with zero attached hydrogens (tertiary/aromatic N) is 1. The quantitative estimate of drug-likeness (QED) is 0.660. The van der Waals surface area contributed by atoms with Crippen molar-refractivity contribution in [3.05, 3.63) is 46.8 Å². The fourth-order valence-corrected chi connectivity index (χ4v) is 2.59. The predicted octanol–water partition coefficient (Wildman–Crippen LogP) is 1.60. The molecule has 0 spiro atoms. The molecule has 2 amide bonds. The molecular formula is C16H16F3N5O2. The molecule has 138 valence electrons. The van der Waals surface area contributed by atoms with Crippen LogP contribution in [0.3, 0.4) is 0 Å². The summed E-state index contributed by atoms with van der Waals surface area (Å²) in [6.07, 6.45) is -3.71.